The molecule has 2 aliphatic rings. The molecule has 238 valence electrons. The number of anilines is 2. The minimum atomic E-state index is -2.94. The lowest BCUT2D eigenvalue weighted by atomic mass is 9.87. The lowest BCUT2D eigenvalue weighted by Crippen LogP contribution is -2.56. The summed E-state index contributed by atoms with van der Waals surface area (Å²) in [5.41, 5.74) is 0.966. The average molecular weight is 659 g/mol. The molecule has 2 aromatic heterocycles. The van der Waals surface area contributed by atoms with Gasteiger partial charge in [0.1, 0.15) is 23.7 Å². The van der Waals surface area contributed by atoms with Gasteiger partial charge in [0.25, 0.3) is 11.8 Å². The summed E-state index contributed by atoms with van der Waals surface area (Å²) < 4.78 is 43.4. The number of pyridine rings is 2. The molecule has 0 radical (unpaired) electrons. The van der Waals surface area contributed by atoms with Crippen molar-refractivity contribution in [3.05, 3.63) is 107 Å². The van der Waals surface area contributed by atoms with Crippen LogP contribution in [0.2, 0.25) is 5.02 Å². The molecular formula is C34H26ClF3N6O3. The highest BCUT2D eigenvalue weighted by Gasteiger charge is 2.48. The van der Waals surface area contributed by atoms with Gasteiger partial charge in [0.15, 0.2) is 0 Å². The number of nitrogens with zero attached hydrogens (tertiary/aromatic N) is 5. The molecule has 1 saturated heterocycles. The van der Waals surface area contributed by atoms with Crippen LogP contribution in [0.5, 0.6) is 0 Å². The minimum absolute atomic E-state index is 0.0224. The van der Waals surface area contributed by atoms with Crippen LogP contribution in [0.4, 0.5) is 24.7 Å². The molecule has 1 N–H and O–H groups in total. The highest BCUT2D eigenvalue weighted by Crippen LogP contribution is 2.40. The van der Waals surface area contributed by atoms with Crippen molar-refractivity contribution in [3.63, 3.8) is 0 Å². The lowest BCUT2D eigenvalue weighted by Gasteiger charge is -2.39. The van der Waals surface area contributed by atoms with Crippen molar-refractivity contribution in [2.45, 2.75) is 49.7 Å². The van der Waals surface area contributed by atoms with Gasteiger partial charge in [-0.2, -0.15) is 5.26 Å². The fraction of sp³-hybridized carbons (Fsp3) is 0.235. The standard InChI is InChI=1S/C34H26ClF3N6O3/c35-26-6-2-1-5-25(26)31(32(46)42-22-16-34(37,38)17-22)43(23-7-8-24(27(36)15-23)21-4-3-12-40-19-21)33(47)28-9-10-30(45)44(28)29-14-20(18-39)11-13-41-29/h1-8,11-15,19,22,28,31H,9-10,16-17H2,(H,42,46)/t28?,31-/m0/s1. The Balaban J connectivity index is 1.48. The first kappa shape index (κ1) is 31.7. The normalized spacial score (nSPS) is 17.8. The molecule has 0 bridgehead atoms. The van der Waals surface area contributed by atoms with Gasteiger partial charge in [-0.3, -0.25) is 29.2 Å². The number of amides is 3. The number of carbonyl (C=O) groups is 3. The van der Waals surface area contributed by atoms with Crippen LogP contribution in [0.1, 0.15) is 42.9 Å². The quantitative estimate of drug-likeness (QED) is 0.248. The van der Waals surface area contributed by atoms with Crippen molar-refractivity contribution in [3.8, 4) is 17.2 Å². The molecule has 2 atom stereocenters. The van der Waals surface area contributed by atoms with E-state index in [0.717, 1.165) is 15.9 Å². The van der Waals surface area contributed by atoms with Crippen LogP contribution in [0, 0.1) is 17.1 Å². The lowest BCUT2D eigenvalue weighted by molar-refractivity contribution is -0.133. The molecule has 2 fully saturated rings. The summed E-state index contributed by atoms with van der Waals surface area (Å²) in [6.07, 6.45) is 3.16. The summed E-state index contributed by atoms with van der Waals surface area (Å²) >= 11 is 6.58. The zero-order valence-electron chi connectivity index (χ0n) is 24.6. The first-order valence-corrected chi connectivity index (χ1v) is 15.1. The van der Waals surface area contributed by atoms with E-state index >= 15 is 4.39 Å². The van der Waals surface area contributed by atoms with Gasteiger partial charge in [-0.05, 0) is 48.9 Å². The minimum Gasteiger partial charge on any atom is -0.351 e. The second-order valence-electron chi connectivity index (χ2n) is 11.3. The molecule has 4 aromatic rings. The molecule has 2 aromatic carbocycles. The molecule has 3 amide bonds. The highest BCUT2D eigenvalue weighted by molar-refractivity contribution is 6.31. The second-order valence-corrected chi connectivity index (χ2v) is 11.7. The van der Waals surface area contributed by atoms with Gasteiger partial charge in [-0.1, -0.05) is 35.9 Å². The van der Waals surface area contributed by atoms with Crippen LogP contribution in [-0.4, -0.2) is 45.7 Å². The van der Waals surface area contributed by atoms with Gasteiger partial charge in [0, 0.05) is 71.3 Å². The third-order valence-corrected chi connectivity index (χ3v) is 8.55. The summed E-state index contributed by atoms with van der Waals surface area (Å²) in [5.74, 6) is -5.64. The number of nitriles is 1. The largest absolute Gasteiger partial charge is 0.351 e. The molecule has 3 heterocycles. The van der Waals surface area contributed by atoms with Crippen molar-refractivity contribution < 1.29 is 27.6 Å². The number of benzene rings is 2. The summed E-state index contributed by atoms with van der Waals surface area (Å²) in [6, 6.07) is 14.7. The second kappa shape index (κ2) is 12.8. The Labute approximate surface area is 272 Å². The number of halogens is 4. The van der Waals surface area contributed by atoms with Gasteiger partial charge >= 0.3 is 0 Å². The van der Waals surface area contributed by atoms with E-state index in [1.807, 2.05) is 6.07 Å². The molecule has 1 unspecified atom stereocenters. The fourth-order valence-electron chi connectivity index (χ4n) is 5.94. The molecule has 0 spiro atoms. The van der Waals surface area contributed by atoms with Crippen molar-refractivity contribution in [2.24, 2.45) is 0 Å². The Morgan fingerprint density at radius 1 is 1.09 bits per heavy atom. The van der Waals surface area contributed by atoms with Crippen LogP contribution < -0.4 is 15.1 Å². The van der Waals surface area contributed by atoms with E-state index in [-0.39, 0.29) is 46.1 Å². The Bertz CT molecular complexity index is 1900. The maximum atomic E-state index is 15.8. The summed E-state index contributed by atoms with van der Waals surface area (Å²) in [4.78, 5) is 52.5. The zero-order chi connectivity index (χ0) is 33.3. The third-order valence-electron chi connectivity index (χ3n) is 8.20. The van der Waals surface area contributed by atoms with Crippen LogP contribution in [-0.2, 0) is 14.4 Å². The predicted octanol–water partition coefficient (Wildman–Crippen LogP) is 5.99. The predicted molar refractivity (Wildman–Crippen MR) is 167 cm³/mol. The topological polar surface area (TPSA) is 119 Å². The fourth-order valence-corrected chi connectivity index (χ4v) is 6.18. The van der Waals surface area contributed by atoms with E-state index < -0.39 is 60.4 Å². The van der Waals surface area contributed by atoms with E-state index in [0.29, 0.717) is 5.56 Å². The Morgan fingerprint density at radius 3 is 2.55 bits per heavy atom. The van der Waals surface area contributed by atoms with Gasteiger partial charge in [0.2, 0.25) is 11.8 Å². The van der Waals surface area contributed by atoms with E-state index in [4.69, 9.17) is 11.6 Å². The van der Waals surface area contributed by atoms with Gasteiger partial charge < -0.3 is 5.32 Å². The number of nitrogens with one attached hydrogen (secondary N) is 1. The molecule has 9 nitrogen and oxygen atoms in total. The van der Waals surface area contributed by atoms with Crippen molar-refractivity contribution in [2.75, 3.05) is 9.80 Å². The van der Waals surface area contributed by atoms with Crippen LogP contribution in [0.3, 0.4) is 0 Å². The van der Waals surface area contributed by atoms with Gasteiger partial charge in [-0.15, -0.1) is 0 Å². The van der Waals surface area contributed by atoms with Crippen LogP contribution in [0.15, 0.2) is 85.3 Å². The smallest absolute Gasteiger partial charge is 0.252 e. The average Bonchev–Trinajstić information content (AvgIpc) is 3.44. The number of carbonyl (C=O) groups excluding carboxylic acids is 3. The number of aromatic nitrogens is 2. The van der Waals surface area contributed by atoms with E-state index in [1.54, 1.807) is 24.3 Å². The van der Waals surface area contributed by atoms with Gasteiger partial charge in [-0.25, -0.2) is 18.2 Å². The van der Waals surface area contributed by atoms with Crippen molar-refractivity contribution in [1.29, 1.82) is 5.26 Å². The number of rotatable bonds is 8. The zero-order valence-corrected chi connectivity index (χ0v) is 25.4. The Hall–Kier alpha value is -5.28. The summed E-state index contributed by atoms with van der Waals surface area (Å²) in [7, 11) is 0. The maximum absolute atomic E-state index is 15.8. The van der Waals surface area contributed by atoms with E-state index in [2.05, 4.69) is 15.3 Å². The number of alkyl halides is 2. The van der Waals surface area contributed by atoms with Gasteiger partial charge in [0.05, 0.1) is 11.6 Å². The Kier molecular flexibility index (Phi) is 8.66. The molecule has 47 heavy (non-hydrogen) atoms. The summed E-state index contributed by atoms with van der Waals surface area (Å²) in [5, 5.41) is 12.1. The Morgan fingerprint density at radius 2 is 1.87 bits per heavy atom. The third kappa shape index (κ3) is 6.39. The summed E-state index contributed by atoms with van der Waals surface area (Å²) in [6.45, 7) is 0. The molecule has 1 saturated carbocycles. The van der Waals surface area contributed by atoms with Crippen molar-refractivity contribution in [1.82, 2.24) is 15.3 Å². The number of hydrogen-bond acceptors (Lipinski definition) is 6. The van der Waals surface area contributed by atoms with E-state index in [9.17, 15) is 28.4 Å². The first-order chi connectivity index (χ1) is 22.6. The first-order valence-electron chi connectivity index (χ1n) is 14.7. The monoisotopic (exact) mass is 658 g/mol. The van der Waals surface area contributed by atoms with Crippen LogP contribution >= 0.6 is 11.6 Å². The molecule has 1 aliphatic carbocycles. The molecule has 13 heteroatoms. The number of hydrogen-bond donors (Lipinski definition) is 1. The van der Waals surface area contributed by atoms with Crippen LogP contribution in [0.25, 0.3) is 11.1 Å². The SMILES string of the molecule is N#Cc1ccnc(N2C(=O)CCC2C(=O)N(c2ccc(-c3cccnc3)c(F)c2)[C@H](C(=O)NC2CC(F)(F)C2)c2ccccc2Cl)c1. The molecule has 1 aliphatic heterocycles. The van der Waals surface area contributed by atoms with E-state index in [1.165, 1.54) is 55.0 Å². The van der Waals surface area contributed by atoms with Crippen molar-refractivity contribution >= 4 is 40.8 Å². The molecular weight excluding hydrogens is 633 g/mol. The maximum Gasteiger partial charge on any atom is 0.252 e. The highest BCUT2D eigenvalue weighted by atomic mass is 35.5. The molecule has 6 rings (SSSR count).